The molecule has 2 N–H and O–H groups in total. The lowest BCUT2D eigenvalue weighted by Crippen LogP contribution is -2.20. The van der Waals surface area contributed by atoms with Crippen molar-refractivity contribution in [1.82, 2.24) is 0 Å². The number of halogens is 8. The van der Waals surface area contributed by atoms with Gasteiger partial charge in [-0.15, -0.1) is 12.4 Å². The maximum atomic E-state index is 12.5. The molecule has 0 unspecified atom stereocenters. The van der Waals surface area contributed by atoms with Gasteiger partial charge in [-0.2, -0.15) is 26.3 Å². The molecular formula is C10H9BrClF6N. The molecule has 9 heteroatoms. The quantitative estimate of drug-likeness (QED) is 0.739. The van der Waals surface area contributed by atoms with Crippen molar-refractivity contribution in [2.24, 2.45) is 5.73 Å². The summed E-state index contributed by atoms with van der Waals surface area (Å²) in [5.74, 6) is 0. The van der Waals surface area contributed by atoms with E-state index in [0.717, 1.165) is 12.1 Å². The number of benzene rings is 1. The van der Waals surface area contributed by atoms with Gasteiger partial charge >= 0.3 is 12.4 Å². The standard InChI is InChI=1S/C10H8BrF6N.ClH/c11-7-2-5(8(18)4-9(12,13)14)1-6(3-7)10(15,16)17;/h1-3,8H,4,18H2;1H/t8-;/m1./s1. The van der Waals surface area contributed by atoms with Gasteiger partial charge in [-0.25, -0.2) is 0 Å². The lowest BCUT2D eigenvalue weighted by molar-refractivity contribution is -0.138. The molecular weight excluding hydrogens is 363 g/mol. The molecule has 1 nitrogen and oxygen atoms in total. The van der Waals surface area contributed by atoms with Gasteiger partial charge < -0.3 is 5.73 Å². The molecule has 0 saturated heterocycles. The highest BCUT2D eigenvalue weighted by Gasteiger charge is 2.34. The van der Waals surface area contributed by atoms with Crippen molar-refractivity contribution in [2.75, 3.05) is 0 Å². The van der Waals surface area contributed by atoms with Gasteiger partial charge in [0, 0.05) is 10.5 Å². The summed E-state index contributed by atoms with van der Waals surface area (Å²) in [6.45, 7) is 0. The molecule has 0 radical (unpaired) electrons. The normalized spacial score (nSPS) is 13.9. The fourth-order valence-electron chi connectivity index (χ4n) is 1.36. The molecule has 0 aliphatic carbocycles. The molecule has 0 fully saturated rings. The van der Waals surface area contributed by atoms with Gasteiger partial charge in [0.25, 0.3) is 0 Å². The van der Waals surface area contributed by atoms with Crippen LogP contribution in [-0.4, -0.2) is 6.18 Å². The first-order valence-corrected chi connectivity index (χ1v) is 5.48. The van der Waals surface area contributed by atoms with Crippen molar-refractivity contribution in [3.05, 3.63) is 33.8 Å². The number of nitrogens with two attached hydrogens (primary N) is 1. The summed E-state index contributed by atoms with van der Waals surface area (Å²) in [4.78, 5) is 0. The van der Waals surface area contributed by atoms with Crippen LogP contribution in [0.4, 0.5) is 26.3 Å². The van der Waals surface area contributed by atoms with E-state index in [1.165, 1.54) is 0 Å². The Kier molecular flexibility index (Phi) is 6.16. The highest BCUT2D eigenvalue weighted by Crippen LogP contribution is 2.35. The van der Waals surface area contributed by atoms with Crippen molar-refractivity contribution in [2.45, 2.75) is 24.8 Å². The van der Waals surface area contributed by atoms with Gasteiger partial charge in [0.2, 0.25) is 0 Å². The number of hydrogen-bond donors (Lipinski definition) is 1. The first-order valence-electron chi connectivity index (χ1n) is 4.69. The summed E-state index contributed by atoms with van der Waals surface area (Å²) in [6.07, 6.45) is -10.5. The van der Waals surface area contributed by atoms with E-state index >= 15 is 0 Å². The van der Waals surface area contributed by atoms with Gasteiger partial charge in [0.05, 0.1) is 12.0 Å². The lowest BCUT2D eigenvalue weighted by Gasteiger charge is -2.16. The highest BCUT2D eigenvalue weighted by molar-refractivity contribution is 9.10. The summed E-state index contributed by atoms with van der Waals surface area (Å²) in [5.41, 5.74) is 4.00. The van der Waals surface area contributed by atoms with Gasteiger partial charge in [0.15, 0.2) is 0 Å². The Bertz CT molecular complexity index is 431. The summed E-state index contributed by atoms with van der Waals surface area (Å²) < 4.78 is 73.8. The van der Waals surface area contributed by atoms with E-state index in [2.05, 4.69) is 15.9 Å². The van der Waals surface area contributed by atoms with E-state index < -0.39 is 30.4 Å². The molecule has 0 aromatic heterocycles. The molecule has 1 rings (SSSR count). The lowest BCUT2D eigenvalue weighted by atomic mass is 10.0. The van der Waals surface area contributed by atoms with Crippen LogP contribution in [0.3, 0.4) is 0 Å². The third-order valence-electron chi connectivity index (χ3n) is 2.13. The second-order valence-corrected chi connectivity index (χ2v) is 4.61. The predicted octanol–water partition coefficient (Wildman–Crippen LogP) is 4.84. The summed E-state index contributed by atoms with van der Waals surface area (Å²) in [6, 6.07) is 1.03. The third kappa shape index (κ3) is 6.01. The van der Waals surface area contributed by atoms with Gasteiger partial charge in [-0.1, -0.05) is 15.9 Å². The van der Waals surface area contributed by atoms with Crippen LogP contribution in [-0.2, 0) is 6.18 Å². The summed E-state index contributed by atoms with van der Waals surface area (Å²) in [5, 5.41) is 0. The molecule has 1 aromatic carbocycles. The minimum absolute atomic E-state index is 0. The average Bonchev–Trinajstić information content (AvgIpc) is 2.12. The van der Waals surface area contributed by atoms with Crippen LogP contribution in [0.5, 0.6) is 0 Å². The first kappa shape index (κ1) is 18.5. The third-order valence-corrected chi connectivity index (χ3v) is 2.58. The van der Waals surface area contributed by atoms with E-state index in [1.807, 2.05) is 0 Å². The van der Waals surface area contributed by atoms with E-state index in [-0.39, 0.29) is 22.4 Å². The minimum Gasteiger partial charge on any atom is -0.324 e. The zero-order valence-electron chi connectivity index (χ0n) is 9.15. The van der Waals surface area contributed by atoms with Crippen LogP contribution in [0.25, 0.3) is 0 Å². The first-order chi connectivity index (χ1) is 7.99. The van der Waals surface area contributed by atoms with Crippen molar-refractivity contribution in [3.8, 4) is 0 Å². The molecule has 0 spiro atoms. The number of rotatable bonds is 2. The fraction of sp³-hybridized carbons (Fsp3) is 0.400. The van der Waals surface area contributed by atoms with Gasteiger partial charge in [0.1, 0.15) is 0 Å². The van der Waals surface area contributed by atoms with E-state index in [0.29, 0.717) is 6.07 Å². The Morgan fingerprint density at radius 2 is 1.58 bits per heavy atom. The fourth-order valence-corrected chi connectivity index (χ4v) is 1.87. The molecule has 0 aliphatic rings. The number of hydrogen-bond acceptors (Lipinski definition) is 1. The topological polar surface area (TPSA) is 26.0 Å². The smallest absolute Gasteiger partial charge is 0.324 e. The van der Waals surface area contributed by atoms with Crippen LogP contribution in [0.1, 0.15) is 23.6 Å². The zero-order chi connectivity index (χ0) is 14.1. The highest BCUT2D eigenvalue weighted by atomic mass is 79.9. The molecule has 19 heavy (non-hydrogen) atoms. The molecule has 0 saturated carbocycles. The van der Waals surface area contributed by atoms with Crippen molar-refractivity contribution in [1.29, 1.82) is 0 Å². The summed E-state index contributed by atoms with van der Waals surface area (Å²) >= 11 is 2.82. The Morgan fingerprint density at radius 1 is 1.05 bits per heavy atom. The van der Waals surface area contributed by atoms with Crippen LogP contribution >= 0.6 is 28.3 Å². The summed E-state index contributed by atoms with van der Waals surface area (Å²) in [7, 11) is 0. The SMILES string of the molecule is Cl.N[C@H](CC(F)(F)F)c1cc(Br)cc(C(F)(F)F)c1. The van der Waals surface area contributed by atoms with Crippen LogP contribution < -0.4 is 5.73 Å². The second kappa shape index (κ2) is 6.32. The molecule has 0 heterocycles. The molecule has 0 aliphatic heterocycles. The van der Waals surface area contributed by atoms with Crippen molar-refractivity contribution >= 4 is 28.3 Å². The van der Waals surface area contributed by atoms with E-state index in [4.69, 9.17) is 5.73 Å². The van der Waals surface area contributed by atoms with Gasteiger partial charge in [-0.3, -0.25) is 0 Å². The predicted molar refractivity (Wildman–Crippen MR) is 64.0 cm³/mol. The average molecular weight is 373 g/mol. The zero-order valence-corrected chi connectivity index (χ0v) is 11.6. The van der Waals surface area contributed by atoms with Crippen molar-refractivity contribution in [3.63, 3.8) is 0 Å². The Morgan fingerprint density at radius 3 is 2.00 bits per heavy atom. The van der Waals surface area contributed by atoms with Crippen LogP contribution in [0.15, 0.2) is 22.7 Å². The molecule has 0 amide bonds. The maximum Gasteiger partial charge on any atom is 0.416 e. The van der Waals surface area contributed by atoms with Gasteiger partial charge in [-0.05, 0) is 23.8 Å². The van der Waals surface area contributed by atoms with Crippen LogP contribution in [0.2, 0.25) is 0 Å². The maximum absolute atomic E-state index is 12.5. The second-order valence-electron chi connectivity index (χ2n) is 3.70. The Balaban J connectivity index is 0.00000324. The van der Waals surface area contributed by atoms with E-state index in [1.54, 1.807) is 0 Å². The van der Waals surface area contributed by atoms with Crippen molar-refractivity contribution < 1.29 is 26.3 Å². The molecule has 0 bridgehead atoms. The Hall–Kier alpha value is -0.470. The largest absolute Gasteiger partial charge is 0.416 e. The minimum atomic E-state index is -4.63. The molecule has 1 aromatic rings. The van der Waals surface area contributed by atoms with Crippen LogP contribution in [0, 0.1) is 0 Å². The molecule has 1 atom stereocenters. The Labute approximate surface area is 119 Å². The number of alkyl halides is 6. The van der Waals surface area contributed by atoms with E-state index in [9.17, 15) is 26.3 Å². The monoisotopic (exact) mass is 371 g/mol. The molecule has 110 valence electrons.